The molecule has 24 heavy (non-hydrogen) atoms. The van der Waals surface area contributed by atoms with Crippen molar-refractivity contribution in [1.29, 1.82) is 0 Å². The zero-order valence-corrected chi connectivity index (χ0v) is 14.5. The van der Waals surface area contributed by atoms with Crippen molar-refractivity contribution in [2.45, 2.75) is 6.54 Å². The number of hydrogen-bond donors (Lipinski definition) is 2. The molecule has 0 radical (unpaired) electrons. The van der Waals surface area contributed by atoms with Gasteiger partial charge in [-0.15, -0.1) is 0 Å². The molecule has 0 unspecified atom stereocenters. The smallest absolute Gasteiger partial charge is 0.255 e. The second-order valence-corrected chi connectivity index (χ2v) is 6.15. The topological polar surface area (TPSA) is 71.2 Å². The van der Waals surface area contributed by atoms with Gasteiger partial charge in [-0.05, 0) is 35.7 Å². The highest BCUT2D eigenvalue weighted by molar-refractivity contribution is 9.10. The van der Waals surface area contributed by atoms with Crippen LogP contribution in [-0.2, 0) is 6.54 Å². The molecule has 0 aliphatic heterocycles. The molecule has 0 bridgehead atoms. The first kappa shape index (κ1) is 16.3. The number of methoxy groups -OCH3 is 1. The number of aromatic nitrogens is 1. The minimum atomic E-state index is -0.305. The number of nitrogens with one attached hydrogen (secondary N) is 2. The van der Waals surface area contributed by atoms with Gasteiger partial charge in [0.25, 0.3) is 11.5 Å². The van der Waals surface area contributed by atoms with Crippen LogP contribution in [0.5, 0.6) is 5.75 Å². The number of H-pyrrole nitrogens is 1. The van der Waals surface area contributed by atoms with Crippen LogP contribution in [0.25, 0.3) is 10.9 Å². The molecule has 0 atom stereocenters. The number of fused-ring (bicyclic) bond motifs is 1. The van der Waals surface area contributed by atoms with E-state index in [1.807, 2.05) is 24.3 Å². The van der Waals surface area contributed by atoms with Crippen molar-refractivity contribution >= 4 is 32.7 Å². The molecule has 1 amide bonds. The van der Waals surface area contributed by atoms with E-state index in [1.54, 1.807) is 24.3 Å². The number of pyridine rings is 1. The zero-order chi connectivity index (χ0) is 17.1. The van der Waals surface area contributed by atoms with E-state index >= 15 is 0 Å². The fourth-order valence-corrected chi connectivity index (χ4v) is 2.81. The van der Waals surface area contributed by atoms with Gasteiger partial charge in [0.2, 0.25) is 0 Å². The maximum atomic E-state index is 12.4. The van der Waals surface area contributed by atoms with E-state index in [1.165, 1.54) is 7.11 Å². The first-order valence-electron chi connectivity index (χ1n) is 7.31. The number of para-hydroxylation sites is 1. The van der Waals surface area contributed by atoms with Crippen LogP contribution in [0.15, 0.2) is 57.8 Å². The second-order valence-electron chi connectivity index (χ2n) is 5.24. The number of benzene rings is 2. The molecule has 2 N–H and O–H groups in total. The highest BCUT2D eigenvalue weighted by Gasteiger charge is 2.13. The van der Waals surface area contributed by atoms with E-state index in [9.17, 15) is 9.59 Å². The Hall–Kier alpha value is -2.60. The fourth-order valence-electron chi connectivity index (χ4n) is 2.45. The Morgan fingerprint density at radius 1 is 1.21 bits per heavy atom. The van der Waals surface area contributed by atoms with E-state index in [2.05, 4.69) is 26.2 Å². The van der Waals surface area contributed by atoms with Crippen LogP contribution in [-0.4, -0.2) is 18.0 Å². The van der Waals surface area contributed by atoms with Crippen molar-refractivity contribution in [3.63, 3.8) is 0 Å². The third kappa shape index (κ3) is 3.33. The van der Waals surface area contributed by atoms with E-state index in [0.717, 1.165) is 15.4 Å². The summed E-state index contributed by atoms with van der Waals surface area (Å²) in [6.07, 6.45) is 0. The lowest BCUT2D eigenvalue weighted by molar-refractivity contribution is 0.0947. The summed E-state index contributed by atoms with van der Waals surface area (Å²) in [5.41, 5.74) is 1.46. The summed E-state index contributed by atoms with van der Waals surface area (Å²) in [6, 6.07) is 14.5. The van der Waals surface area contributed by atoms with Crippen LogP contribution in [0, 0.1) is 0 Å². The molecule has 3 rings (SSSR count). The molecule has 0 spiro atoms. The Labute approximate surface area is 146 Å². The van der Waals surface area contributed by atoms with Gasteiger partial charge in [0, 0.05) is 22.1 Å². The maximum Gasteiger partial charge on any atom is 0.255 e. The third-order valence-electron chi connectivity index (χ3n) is 3.68. The molecule has 6 heteroatoms. The summed E-state index contributed by atoms with van der Waals surface area (Å²) in [6.45, 7) is 0.134. The van der Waals surface area contributed by atoms with Crippen molar-refractivity contribution in [2.75, 3.05) is 7.11 Å². The minimum absolute atomic E-state index is 0.134. The summed E-state index contributed by atoms with van der Waals surface area (Å²) in [7, 11) is 1.51. The molecule has 0 saturated heterocycles. The SMILES string of the molecule is COc1ccc(Br)cc1C(=O)NCc1cc2ccccc2[nH]c1=O. The first-order valence-corrected chi connectivity index (χ1v) is 8.10. The van der Waals surface area contributed by atoms with Crippen molar-refractivity contribution in [3.05, 3.63) is 74.5 Å². The Balaban J connectivity index is 1.83. The Kier molecular flexibility index (Phi) is 4.66. The van der Waals surface area contributed by atoms with Crippen LogP contribution in [0.2, 0.25) is 0 Å². The van der Waals surface area contributed by atoms with Gasteiger partial charge in [-0.25, -0.2) is 0 Å². The summed E-state index contributed by atoms with van der Waals surface area (Å²) in [5.74, 6) is 0.170. The Morgan fingerprint density at radius 3 is 2.79 bits per heavy atom. The lowest BCUT2D eigenvalue weighted by atomic mass is 10.1. The number of hydrogen-bond acceptors (Lipinski definition) is 3. The molecule has 1 aromatic heterocycles. The summed E-state index contributed by atoms with van der Waals surface area (Å²) >= 11 is 3.34. The van der Waals surface area contributed by atoms with Gasteiger partial charge in [-0.2, -0.15) is 0 Å². The first-order chi connectivity index (χ1) is 11.6. The largest absolute Gasteiger partial charge is 0.496 e. The van der Waals surface area contributed by atoms with E-state index < -0.39 is 0 Å². The standard InChI is InChI=1S/C18H15BrN2O3/c1-24-16-7-6-13(19)9-14(16)18(23)20-10-12-8-11-4-2-3-5-15(11)21-17(12)22/h2-9H,10H2,1H3,(H,20,23)(H,21,22). The molecular formula is C18H15BrN2O3. The van der Waals surface area contributed by atoms with E-state index in [-0.39, 0.29) is 18.0 Å². The van der Waals surface area contributed by atoms with Gasteiger partial charge in [-0.3, -0.25) is 9.59 Å². The number of ether oxygens (including phenoxy) is 1. The summed E-state index contributed by atoms with van der Waals surface area (Å²) in [4.78, 5) is 27.3. The van der Waals surface area contributed by atoms with Gasteiger partial charge in [0.15, 0.2) is 0 Å². The average Bonchev–Trinajstić information content (AvgIpc) is 2.59. The second kappa shape index (κ2) is 6.88. The zero-order valence-electron chi connectivity index (χ0n) is 12.9. The van der Waals surface area contributed by atoms with Crippen LogP contribution in [0.3, 0.4) is 0 Å². The predicted octanol–water partition coefficient (Wildman–Crippen LogP) is 3.23. The van der Waals surface area contributed by atoms with E-state index in [4.69, 9.17) is 4.74 Å². The number of carbonyl (C=O) groups is 1. The van der Waals surface area contributed by atoms with Crippen molar-refractivity contribution in [1.82, 2.24) is 10.3 Å². The van der Waals surface area contributed by atoms with Crippen LogP contribution < -0.4 is 15.6 Å². The van der Waals surface area contributed by atoms with Gasteiger partial charge >= 0.3 is 0 Å². The fraction of sp³-hybridized carbons (Fsp3) is 0.111. The molecule has 1 heterocycles. The van der Waals surface area contributed by atoms with Crippen LogP contribution >= 0.6 is 15.9 Å². The highest BCUT2D eigenvalue weighted by atomic mass is 79.9. The molecule has 5 nitrogen and oxygen atoms in total. The molecular weight excluding hydrogens is 372 g/mol. The molecule has 3 aromatic rings. The molecule has 0 aliphatic rings. The third-order valence-corrected chi connectivity index (χ3v) is 4.17. The van der Waals surface area contributed by atoms with Gasteiger partial charge in [-0.1, -0.05) is 34.1 Å². The van der Waals surface area contributed by atoms with Crippen molar-refractivity contribution in [2.24, 2.45) is 0 Å². The van der Waals surface area contributed by atoms with Gasteiger partial charge in [0.05, 0.1) is 12.7 Å². The van der Waals surface area contributed by atoms with Crippen LogP contribution in [0.1, 0.15) is 15.9 Å². The molecule has 122 valence electrons. The number of aromatic amines is 1. The molecule has 0 fully saturated rings. The molecule has 2 aromatic carbocycles. The quantitative estimate of drug-likeness (QED) is 0.722. The predicted molar refractivity (Wildman–Crippen MR) is 96.4 cm³/mol. The summed E-state index contributed by atoms with van der Waals surface area (Å²) < 4.78 is 5.98. The normalized spacial score (nSPS) is 10.6. The Bertz CT molecular complexity index is 966. The number of carbonyl (C=O) groups excluding carboxylic acids is 1. The monoisotopic (exact) mass is 386 g/mol. The van der Waals surface area contributed by atoms with Gasteiger partial charge in [0.1, 0.15) is 5.75 Å². The number of rotatable bonds is 4. The summed E-state index contributed by atoms with van der Waals surface area (Å²) in [5, 5.41) is 3.68. The molecule has 0 saturated carbocycles. The lowest BCUT2D eigenvalue weighted by Crippen LogP contribution is -2.27. The van der Waals surface area contributed by atoms with Crippen molar-refractivity contribution in [3.8, 4) is 5.75 Å². The van der Waals surface area contributed by atoms with E-state index in [0.29, 0.717) is 16.9 Å². The van der Waals surface area contributed by atoms with Crippen molar-refractivity contribution < 1.29 is 9.53 Å². The number of amides is 1. The highest BCUT2D eigenvalue weighted by Crippen LogP contribution is 2.22. The maximum absolute atomic E-state index is 12.4. The van der Waals surface area contributed by atoms with Crippen LogP contribution in [0.4, 0.5) is 0 Å². The minimum Gasteiger partial charge on any atom is -0.496 e. The number of halogens is 1. The van der Waals surface area contributed by atoms with Gasteiger partial charge < -0.3 is 15.0 Å². The lowest BCUT2D eigenvalue weighted by Gasteiger charge is -2.10. The Morgan fingerprint density at radius 2 is 2.00 bits per heavy atom. The molecule has 0 aliphatic carbocycles. The average molecular weight is 387 g/mol.